The molecule has 2 aromatic rings. The van der Waals surface area contributed by atoms with Crippen LogP contribution in [0.15, 0.2) is 48.5 Å². The van der Waals surface area contributed by atoms with E-state index in [9.17, 15) is 8.78 Å². The number of hydrogen-bond acceptors (Lipinski definition) is 1. The zero-order valence-corrected chi connectivity index (χ0v) is 14.5. The SMILES string of the molecule is CC1[C@H]2CCC(c3ccc(-c4ccc(OC(F)F)cc4)cc3)CC[C@@H]12. The van der Waals surface area contributed by atoms with Gasteiger partial charge >= 0.3 is 6.61 Å². The van der Waals surface area contributed by atoms with Gasteiger partial charge in [0.05, 0.1) is 0 Å². The molecule has 3 heteroatoms. The van der Waals surface area contributed by atoms with Gasteiger partial charge in [-0.1, -0.05) is 43.3 Å². The van der Waals surface area contributed by atoms with Crippen molar-refractivity contribution in [3.63, 3.8) is 0 Å². The molecular formula is C22H24F2O. The van der Waals surface area contributed by atoms with E-state index in [4.69, 9.17) is 0 Å². The van der Waals surface area contributed by atoms with E-state index in [1.165, 1.54) is 31.2 Å². The summed E-state index contributed by atoms with van der Waals surface area (Å²) >= 11 is 0. The topological polar surface area (TPSA) is 9.23 Å². The largest absolute Gasteiger partial charge is 0.435 e. The molecule has 0 radical (unpaired) electrons. The fourth-order valence-corrected chi connectivity index (χ4v) is 4.63. The Hall–Kier alpha value is -1.90. The maximum absolute atomic E-state index is 12.2. The second-order valence-corrected chi connectivity index (χ2v) is 7.56. The van der Waals surface area contributed by atoms with Crippen molar-refractivity contribution in [2.75, 3.05) is 0 Å². The quantitative estimate of drug-likeness (QED) is 0.616. The lowest BCUT2D eigenvalue weighted by Gasteiger charge is -2.16. The Morgan fingerprint density at radius 3 is 1.84 bits per heavy atom. The van der Waals surface area contributed by atoms with Gasteiger partial charge in [-0.2, -0.15) is 8.78 Å². The third-order valence-electron chi connectivity index (χ3n) is 6.25. The molecule has 4 rings (SSSR count). The molecule has 2 aliphatic carbocycles. The van der Waals surface area contributed by atoms with Gasteiger partial charge in [-0.25, -0.2) is 0 Å². The van der Waals surface area contributed by atoms with Crippen LogP contribution < -0.4 is 4.74 Å². The van der Waals surface area contributed by atoms with E-state index in [-0.39, 0.29) is 5.75 Å². The third kappa shape index (κ3) is 3.56. The molecule has 0 spiro atoms. The molecule has 0 heterocycles. The maximum atomic E-state index is 12.2. The van der Waals surface area contributed by atoms with E-state index in [1.54, 1.807) is 12.1 Å². The molecule has 4 atom stereocenters. The molecule has 0 bridgehead atoms. The lowest BCUT2D eigenvalue weighted by Crippen LogP contribution is -2.01. The van der Waals surface area contributed by atoms with Crippen LogP contribution in [0.2, 0.25) is 0 Å². The molecule has 2 aliphatic rings. The van der Waals surface area contributed by atoms with Crippen molar-refractivity contribution in [1.82, 2.24) is 0 Å². The summed E-state index contributed by atoms with van der Waals surface area (Å²) in [6.45, 7) is -0.374. The van der Waals surface area contributed by atoms with Crippen LogP contribution in [0.25, 0.3) is 11.1 Å². The Labute approximate surface area is 148 Å². The number of alkyl halides is 2. The average Bonchev–Trinajstić information content (AvgIpc) is 3.30. The highest BCUT2D eigenvalue weighted by Gasteiger charge is 2.47. The Morgan fingerprint density at radius 1 is 0.800 bits per heavy atom. The average molecular weight is 342 g/mol. The summed E-state index contributed by atoms with van der Waals surface area (Å²) in [6.07, 6.45) is 5.38. The van der Waals surface area contributed by atoms with Gasteiger partial charge in [0, 0.05) is 0 Å². The van der Waals surface area contributed by atoms with Gasteiger partial charge in [-0.05, 0) is 78.2 Å². The zero-order chi connectivity index (χ0) is 17.4. The summed E-state index contributed by atoms with van der Waals surface area (Å²) in [5.74, 6) is 3.81. The molecule has 2 fully saturated rings. The van der Waals surface area contributed by atoms with Gasteiger partial charge in [0.25, 0.3) is 0 Å². The fourth-order valence-electron chi connectivity index (χ4n) is 4.63. The first-order valence-corrected chi connectivity index (χ1v) is 9.27. The number of ether oxygens (including phenoxy) is 1. The minimum atomic E-state index is -2.78. The highest BCUT2D eigenvalue weighted by Crippen LogP contribution is 2.55. The molecule has 0 aliphatic heterocycles. The summed E-state index contributed by atoms with van der Waals surface area (Å²) in [6, 6.07) is 15.6. The number of benzene rings is 2. The van der Waals surface area contributed by atoms with E-state index in [0.29, 0.717) is 5.92 Å². The molecular weight excluding hydrogens is 318 g/mol. The molecule has 0 amide bonds. The first-order chi connectivity index (χ1) is 12.1. The van der Waals surface area contributed by atoms with Gasteiger partial charge in [-0.15, -0.1) is 0 Å². The van der Waals surface area contributed by atoms with Crippen LogP contribution in [0.1, 0.15) is 44.1 Å². The van der Waals surface area contributed by atoms with Crippen molar-refractivity contribution in [3.05, 3.63) is 54.1 Å². The molecule has 132 valence electrons. The van der Waals surface area contributed by atoms with Crippen LogP contribution >= 0.6 is 0 Å². The maximum Gasteiger partial charge on any atom is 0.387 e. The van der Waals surface area contributed by atoms with Crippen molar-refractivity contribution in [3.8, 4) is 16.9 Å². The molecule has 0 saturated heterocycles. The number of hydrogen-bond donors (Lipinski definition) is 0. The molecule has 25 heavy (non-hydrogen) atoms. The molecule has 2 saturated carbocycles. The summed E-state index contributed by atoms with van der Waals surface area (Å²) in [5, 5.41) is 0. The van der Waals surface area contributed by atoms with Gasteiger partial charge in [0.15, 0.2) is 0 Å². The van der Waals surface area contributed by atoms with Crippen molar-refractivity contribution in [2.24, 2.45) is 17.8 Å². The Kier molecular flexibility index (Phi) is 4.49. The highest BCUT2D eigenvalue weighted by atomic mass is 19.3. The lowest BCUT2D eigenvalue weighted by atomic mass is 9.89. The van der Waals surface area contributed by atoms with Crippen LogP contribution in [0.3, 0.4) is 0 Å². The van der Waals surface area contributed by atoms with Gasteiger partial charge in [0.2, 0.25) is 0 Å². The van der Waals surface area contributed by atoms with E-state index >= 15 is 0 Å². The van der Waals surface area contributed by atoms with Crippen LogP contribution in [0.4, 0.5) is 8.78 Å². The Morgan fingerprint density at radius 2 is 1.32 bits per heavy atom. The zero-order valence-electron chi connectivity index (χ0n) is 14.5. The highest BCUT2D eigenvalue weighted by molar-refractivity contribution is 5.64. The molecule has 2 unspecified atom stereocenters. The van der Waals surface area contributed by atoms with E-state index < -0.39 is 6.61 Å². The Balaban J connectivity index is 1.43. The second-order valence-electron chi connectivity index (χ2n) is 7.56. The number of rotatable bonds is 4. The summed E-state index contributed by atoms with van der Waals surface area (Å²) < 4.78 is 28.8. The predicted molar refractivity (Wildman–Crippen MR) is 95.9 cm³/mol. The smallest absolute Gasteiger partial charge is 0.387 e. The fraction of sp³-hybridized carbons (Fsp3) is 0.455. The first kappa shape index (κ1) is 16.6. The predicted octanol–water partition coefficient (Wildman–Crippen LogP) is 6.49. The normalized spacial score (nSPS) is 28.3. The van der Waals surface area contributed by atoms with Crippen LogP contribution in [-0.4, -0.2) is 6.61 Å². The first-order valence-electron chi connectivity index (χ1n) is 9.27. The van der Waals surface area contributed by atoms with Crippen molar-refractivity contribution >= 4 is 0 Å². The van der Waals surface area contributed by atoms with E-state index in [0.717, 1.165) is 28.9 Å². The molecule has 0 aromatic heterocycles. The minimum absolute atomic E-state index is 0.196. The van der Waals surface area contributed by atoms with Gasteiger partial charge in [0.1, 0.15) is 5.75 Å². The summed E-state index contributed by atoms with van der Waals surface area (Å²) in [4.78, 5) is 0. The van der Waals surface area contributed by atoms with Crippen LogP contribution in [0.5, 0.6) is 5.75 Å². The van der Waals surface area contributed by atoms with Crippen molar-refractivity contribution in [1.29, 1.82) is 0 Å². The molecule has 0 N–H and O–H groups in total. The lowest BCUT2D eigenvalue weighted by molar-refractivity contribution is -0.0498. The van der Waals surface area contributed by atoms with Crippen molar-refractivity contribution in [2.45, 2.75) is 45.1 Å². The van der Waals surface area contributed by atoms with Crippen LogP contribution in [-0.2, 0) is 0 Å². The standard InChI is InChI=1S/C22H24F2O/c1-14-20-12-8-18(9-13-21(14)20)16-4-2-15(3-5-16)17-6-10-19(11-7-17)25-22(23)24/h2-7,10-11,14,18,20-22H,8-9,12-13H2,1H3/t14?,18?,20-,21+. The molecule has 2 aromatic carbocycles. The molecule has 1 nitrogen and oxygen atoms in total. The van der Waals surface area contributed by atoms with Crippen molar-refractivity contribution < 1.29 is 13.5 Å². The number of fused-ring (bicyclic) bond motifs is 1. The minimum Gasteiger partial charge on any atom is -0.435 e. The van der Waals surface area contributed by atoms with E-state index in [1.807, 2.05) is 12.1 Å². The van der Waals surface area contributed by atoms with Gasteiger partial charge < -0.3 is 4.74 Å². The summed E-state index contributed by atoms with van der Waals surface area (Å²) in [5.41, 5.74) is 3.57. The van der Waals surface area contributed by atoms with Crippen LogP contribution in [0, 0.1) is 17.8 Å². The summed E-state index contributed by atoms with van der Waals surface area (Å²) in [7, 11) is 0. The monoisotopic (exact) mass is 342 g/mol. The number of halogens is 2. The third-order valence-corrected chi connectivity index (χ3v) is 6.25. The van der Waals surface area contributed by atoms with Gasteiger partial charge in [-0.3, -0.25) is 0 Å². The van der Waals surface area contributed by atoms with E-state index in [2.05, 4.69) is 35.9 Å². The Bertz CT molecular complexity index is 694. The second kappa shape index (κ2) is 6.78.